The summed E-state index contributed by atoms with van der Waals surface area (Å²) in [5.41, 5.74) is 0. The summed E-state index contributed by atoms with van der Waals surface area (Å²) in [6.07, 6.45) is -1.61. The van der Waals surface area contributed by atoms with Gasteiger partial charge in [0.1, 0.15) is 0 Å². The first-order chi connectivity index (χ1) is 7.76. The van der Waals surface area contributed by atoms with E-state index in [1.54, 1.807) is 0 Å². The van der Waals surface area contributed by atoms with Crippen LogP contribution < -0.4 is 5.32 Å². The molecule has 3 unspecified atom stereocenters. The van der Waals surface area contributed by atoms with Crippen LogP contribution in [0.1, 0.15) is 33.1 Å². The van der Waals surface area contributed by atoms with Crippen molar-refractivity contribution in [2.75, 3.05) is 0 Å². The summed E-state index contributed by atoms with van der Waals surface area (Å²) in [5.74, 6) is -6.13. The Morgan fingerprint density at radius 3 is 2.41 bits per heavy atom. The first kappa shape index (κ1) is 14.3. The highest BCUT2D eigenvalue weighted by molar-refractivity contribution is 5.84. The van der Waals surface area contributed by atoms with Crippen LogP contribution in [0, 0.1) is 11.8 Å². The highest BCUT2D eigenvalue weighted by Crippen LogP contribution is 2.31. The highest BCUT2D eigenvalue weighted by Gasteiger charge is 2.49. The van der Waals surface area contributed by atoms with Crippen LogP contribution in [0.5, 0.6) is 0 Å². The molecule has 6 heteroatoms. The van der Waals surface area contributed by atoms with Crippen molar-refractivity contribution in [1.82, 2.24) is 5.32 Å². The van der Waals surface area contributed by atoms with Gasteiger partial charge in [-0.2, -0.15) is 8.78 Å². The second kappa shape index (κ2) is 5.23. The Morgan fingerprint density at radius 2 is 1.88 bits per heavy atom. The largest absolute Gasteiger partial charge is 0.383 e. The second-order valence-electron chi connectivity index (χ2n) is 4.77. The van der Waals surface area contributed by atoms with Gasteiger partial charge in [-0.25, -0.2) is 8.78 Å². The van der Waals surface area contributed by atoms with Crippen LogP contribution in [0.4, 0.5) is 17.6 Å². The summed E-state index contributed by atoms with van der Waals surface area (Å²) in [6, 6.07) is -0.434. The third-order valence-electron chi connectivity index (χ3n) is 3.60. The minimum absolute atomic E-state index is 0.0289. The molecule has 0 bridgehead atoms. The lowest BCUT2D eigenvalue weighted by Gasteiger charge is -2.35. The molecule has 0 radical (unpaired) electrons. The number of carbonyl (C=O) groups is 1. The zero-order valence-corrected chi connectivity index (χ0v) is 9.85. The topological polar surface area (TPSA) is 29.1 Å². The van der Waals surface area contributed by atoms with Gasteiger partial charge >= 0.3 is 12.3 Å². The van der Waals surface area contributed by atoms with Crippen molar-refractivity contribution in [2.45, 2.75) is 51.5 Å². The minimum atomic E-state index is -4.60. The van der Waals surface area contributed by atoms with E-state index in [-0.39, 0.29) is 5.92 Å². The molecular formula is C11H17F4NO. The fourth-order valence-electron chi connectivity index (χ4n) is 2.15. The molecular weight excluding hydrogens is 238 g/mol. The predicted octanol–water partition coefficient (Wildman–Crippen LogP) is 2.83. The van der Waals surface area contributed by atoms with Gasteiger partial charge in [-0.05, 0) is 18.3 Å². The molecule has 0 saturated heterocycles. The van der Waals surface area contributed by atoms with Crippen LogP contribution in [0.2, 0.25) is 0 Å². The Morgan fingerprint density at radius 1 is 1.29 bits per heavy atom. The number of hydrogen-bond donors (Lipinski definition) is 1. The molecule has 0 heterocycles. The van der Waals surface area contributed by atoms with Gasteiger partial charge in [-0.1, -0.05) is 26.7 Å². The van der Waals surface area contributed by atoms with E-state index in [1.165, 1.54) is 0 Å². The van der Waals surface area contributed by atoms with Crippen molar-refractivity contribution < 1.29 is 22.4 Å². The normalized spacial score (nSPS) is 30.4. The number of hydrogen-bond acceptors (Lipinski definition) is 1. The van der Waals surface area contributed by atoms with Crippen LogP contribution in [0.15, 0.2) is 0 Å². The molecule has 0 aromatic carbocycles. The van der Waals surface area contributed by atoms with Gasteiger partial charge < -0.3 is 5.32 Å². The fraction of sp³-hybridized carbons (Fsp3) is 0.909. The summed E-state index contributed by atoms with van der Waals surface area (Å²) in [4.78, 5) is 11.1. The lowest BCUT2D eigenvalue weighted by molar-refractivity contribution is -0.170. The molecule has 2 nitrogen and oxygen atoms in total. The quantitative estimate of drug-likeness (QED) is 0.772. The van der Waals surface area contributed by atoms with Crippen molar-refractivity contribution in [3.05, 3.63) is 0 Å². The average Bonchev–Trinajstić information content (AvgIpc) is 2.24. The summed E-state index contributed by atoms with van der Waals surface area (Å²) < 4.78 is 49.5. The van der Waals surface area contributed by atoms with Gasteiger partial charge in [0.15, 0.2) is 0 Å². The van der Waals surface area contributed by atoms with Crippen LogP contribution in [0.3, 0.4) is 0 Å². The molecule has 3 atom stereocenters. The number of halogens is 4. The number of carbonyl (C=O) groups excluding carboxylic acids is 1. The molecule has 0 aromatic rings. The standard InChI is InChI=1S/C11H17F4NO/c1-6-4-3-5-8(7(6)2)16-10(17)11(14,15)9(12)13/h6-9H,3-5H2,1-2H3,(H,16,17). The molecule has 1 rings (SSSR count). The smallest absolute Gasteiger partial charge is 0.348 e. The Labute approximate surface area is 97.8 Å². The van der Waals surface area contributed by atoms with E-state index >= 15 is 0 Å². The fourth-order valence-corrected chi connectivity index (χ4v) is 2.15. The van der Waals surface area contributed by atoms with Crippen LogP contribution >= 0.6 is 0 Å². The Kier molecular flexibility index (Phi) is 4.38. The molecule has 1 fully saturated rings. The van der Waals surface area contributed by atoms with Crippen LogP contribution in [-0.2, 0) is 4.79 Å². The Bertz CT molecular complexity index is 283. The van der Waals surface area contributed by atoms with E-state index in [4.69, 9.17) is 0 Å². The average molecular weight is 255 g/mol. The summed E-state index contributed by atoms with van der Waals surface area (Å²) in [6.45, 7) is 3.81. The number of amides is 1. The molecule has 1 saturated carbocycles. The van der Waals surface area contributed by atoms with Gasteiger partial charge in [-0.15, -0.1) is 0 Å². The monoisotopic (exact) mass is 255 g/mol. The van der Waals surface area contributed by atoms with Crippen LogP contribution in [-0.4, -0.2) is 24.3 Å². The van der Waals surface area contributed by atoms with Crippen LogP contribution in [0.25, 0.3) is 0 Å². The zero-order chi connectivity index (χ0) is 13.2. The number of alkyl halides is 4. The van der Waals surface area contributed by atoms with Crippen molar-refractivity contribution >= 4 is 5.91 Å². The predicted molar refractivity (Wildman–Crippen MR) is 55.1 cm³/mol. The lowest BCUT2D eigenvalue weighted by atomic mass is 9.78. The SMILES string of the molecule is CC1CCCC(NC(=O)C(F)(F)C(F)F)C1C. The zero-order valence-electron chi connectivity index (χ0n) is 9.85. The summed E-state index contributed by atoms with van der Waals surface area (Å²) >= 11 is 0. The Hall–Kier alpha value is -0.810. The highest BCUT2D eigenvalue weighted by atomic mass is 19.3. The van der Waals surface area contributed by atoms with Gasteiger partial charge in [0.05, 0.1) is 0 Å². The van der Waals surface area contributed by atoms with Crippen molar-refractivity contribution in [3.8, 4) is 0 Å². The van der Waals surface area contributed by atoms with Gasteiger partial charge in [0, 0.05) is 6.04 Å². The van der Waals surface area contributed by atoms with Crippen molar-refractivity contribution in [3.63, 3.8) is 0 Å². The first-order valence-corrected chi connectivity index (χ1v) is 5.73. The van der Waals surface area contributed by atoms with E-state index in [0.29, 0.717) is 12.3 Å². The molecule has 1 N–H and O–H groups in total. The van der Waals surface area contributed by atoms with Gasteiger partial charge in [-0.3, -0.25) is 4.79 Å². The van der Waals surface area contributed by atoms with E-state index in [0.717, 1.165) is 12.8 Å². The lowest BCUT2D eigenvalue weighted by Crippen LogP contribution is -2.52. The van der Waals surface area contributed by atoms with E-state index in [9.17, 15) is 22.4 Å². The summed E-state index contributed by atoms with van der Waals surface area (Å²) in [5, 5.41) is 2.05. The van der Waals surface area contributed by atoms with Crippen molar-refractivity contribution in [2.24, 2.45) is 11.8 Å². The molecule has 1 aliphatic rings. The maximum Gasteiger partial charge on any atom is 0.383 e. The third kappa shape index (κ3) is 3.10. The van der Waals surface area contributed by atoms with E-state index < -0.39 is 24.3 Å². The third-order valence-corrected chi connectivity index (χ3v) is 3.60. The molecule has 1 amide bonds. The first-order valence-electron chi connectivity index (χ1n) is 5.73. The molecule has 100 valence electrons. The van der Waals surface area contributed by atoms with E-state index in [2.05, 4.69) is 5.32 Å². The van der Waals surface area contributed by atoms with Gasteiger partial charge in [0.2, 0.25) is 0 Å². The molecule has 0 aliphatic heterocycles. The second-order valence-corrected chi connectivity index (χ2v) is 4.77. The maximum absolute atomic E-state index is 12.8. The minimum Gasteiger partial charge on any atom is -0.348 e. The Balaban J connectivity index is 2.62. The summed E-state index contributed by atoms with van der Waals surface area (Å²) in [7, 11) is 0. The number of nitrogens with one attached hydrogen (secondary N) is 1. The molecule has 0 aromatic heterocycles. The van der Waals surface area contributed by atoms with Crippen molar-refractivity contribution in [1.29, 1.82) is 0 Å². The molecule has 0 spiro atoms. The molecule has 1 aliphatic carbocycles. The van der Waals surface area contributed by atoms with Gasteiger partial charge in [0.25, 0.3) is 5.91 Å². The number of rotatable bonds is 3. The molecule has 17 heavy (non-hydrogen) atoms. The van der Waals surface area contributed by atoms with E-state index in [1.807, 2.05) is 13.8 Å². The maximum atomic E-state index is 12.8.